The minimum atomic E-state index is 0.625. The van der Waals surface area contributed by atoms with Gasteiger partial charge in [-0.3, -0.25) is 4.98 Å². The van der Waals surface area contributed by atoms with Crippen LogP contribution in [0.5, 0.6) is 5.75 Å². The maximum absolute atomic E-state index is 5.28. The van der Waals surface area contributed by atoms with Crippen molar-refractivity contribution in [3.63, 3.8) is 0 Å². The number of pyridine rings is 1. The number of fused-ring (bicyclic) bond motifs is 2. The van der Waals surface area contributed by atoms with Crippen molar-refractivity contribution in [2.24, 2.45) is 0 Å². The van der Waals surface area contributed by atoms with Crippen LogP contribution >= 0.6 is 0 Å². The van der Waals surface area contributed by atoms with Crippen molar-refractivity contribution in [2.75, 3.05) is 7.11 Å². The number of hydrogen-bond acceptors (Lipinski definition) is 5. The van der Waals surface area contributed by atoms with Crippen LogP contribution in [0.3, 0.4) is 0 Å². The summed E-state index contributed by atoms with van der Waals surface area (Å²) in [5.74, 6) is 1.54. The van der Waals surface area contributed by atoms with Crippen LogP contribution in [0.4, 0.5) is 0 Å². The van der Waals surface area contributed by atoms with Gasteiger partial charge in [-0.15, -0.1) is 10.2 Å². The molecule has 0 saturated carbocycles. The second kappa shape index (κ2) is 6.74. The molecule has 0 fully saturated rings. The number of aromatic nitrogens is 5. The fourth-order valence-corrected chi connectivity index (χ4v) is 3.27. The van der Waals surface area contributed by atoms with E-state index in [1.807, 2.05) is 59.1 Å². The van der Waals surface area contributed by atoms with Gasteiger partial charge in [0.25, 0.3) is 0 Å². The largest absolute Gasteiger partial charge is 0.495 e. The third-order valence-corrected chi connectivity index (χ3v) is 4.72. The molecule has 0 radical (unpaired) electrons. The molecule has 6 heteroatoms. The van der Waals surface area contributed by atoms with Gasteiger partial charge in [0.15, 0.2) is 11.5 Å². The summed E-state index contributed by atoms with van der Waals surface area (Å²) in [7, 11) is 1.64. The fourth-order valence-electron chi connectivity index (χ4n) is 3.27. The summed E-state index contributed by atoms with van der Waals surface area (Å²) in [6.07, 6.45) is 2.35. The van der Waals surface area contributed by atoms with E-state index in [1.54, 1.807) is 13.3 Å². The highest BCUT2D eigenvalue weighted by molar-refractivity contribution is 5.80. The Morgan fingerprint density at radius 1 is 0.929 bits per heavy atom. The molecule has 5 rings (SSSR count). The molecule has 2 aromatic carbocycles. The average molecular weight is 367 g/mol. The van der Waals surface area contributed by atoms with Crippen LogP contribution in [0.25, 0.3) is 27.8 Å². The summed E-state index contributed by atoms with van der Waals surface area (Å²) >= 11 is 0. The molecule has 28 heavy (non-hydrogen) atoms. The van der Waals surface area contributed by atoms with E-state index in [4.69, 9.17) is 9.84 Å². The van der Waals surface area contributed by atoms with Gasteiger partial charge in [0.05, 0.1) is 24.5 Å². The molecule has 0 aliphatic carbocycles. The molecule has 136 valence electrons. The quantitative estimate of drug-likeness (QED) is 0.481. The van der Waals surface area contributed by atoms with Gasteiger partial charge in [-0.05, 0) is 35.9 Å². The Labute approximate surface area is 161 Å². The minimum Gasteiger partial charge on any atom is -0.495 e. The zero-order chi connectivity index (χ0) is 18.9. The lowest BCUT2D eigenvalue weighted by molar-refractivity contribution is 0.414. The standard InChI is InChI=1S/C22H17N5O/c1-28-18-13-17-11-15(7-8-19(17)23-14-18)12-22-25-24-21-10-9-20(26-27(21)22)16-5-3-2-4-6-16/h2-11,13-14H,12H2,1H3. The van der Waals surface area contributed by atoms with Crippen LogP contribution in [0, 0.1) is 0 Å². The zero-order valence-electron chi connectivity index (χ0n) is 15.3. The van der Waals surface area contributed by atoms with Gasteiger partial charge in [-0.1, -0.05) is 36.4 Å². The van der Waals surface area contributed by atoms with Crippen LogP contribution in [-0.4, -0.2) is 31.9 Å². The molecule has 0 aliphatic heterocycles. The first-order valence-electron chi connectivity index (χ1n) is 8.99. The highest BCUT2D eigenvalue weighted by Crippen LogP contribution is 2.21. The van der Waals surface area contributed by atoms with Crippen LogP contribution in [0.1, 0.15) is 11.4 Å². The molecular weight excluding hydrogens is 350 g/mol. The van der Waals surface area contributed by atoms with Gasteiger partial charge < -0.3 is 4.74 Å². The maximum Gasteiger partial charge on any atom is 0.177 e. The topological polar surface area (TPSA) is 65.2 Å². The summed E-state index contributed by atoms with van der Waals surface area (Å²) in [5.41, 5.74) is 4.73. The highest BCUT2D eigenvalue weighted by Gasteiger charge is 2.10. The molecule has 0 aliphatic rings. The van der Waals surface area contributed by atoms with Gasteiger partial charge >= 0.3 is 0 Å². The van der Waals surface area contributed by atoms with Crippen LogP contribution in [-0.2, 0) is 6.42 Å². The molecule has 0 amide bonds. The number of ether oxygens (including phenoxy) is 1. The molecule has 6 nitrogen and oxygen atoms in total. The predicted molar refractivity (Wildman–Crippen MR) is 107 cm³/mol. The second-order valence-corrected chi connectivity index (χ2v) is 6.55. The third kappa shape index (κ3) is 2.95. The van der Waals surface area contributed by atoms with Gasteiger partial charge in [-0.2, -0.15) is 9.61 Å². The Hall–Kier alpha value is -3.80. The van der Waals surface area contributed by atoms with E-state index in [2.05, 4.69) is 27.3 Å². The Morgan fingerprint density at radius 3 is 2.68 bits per heavy atom. The Balaban J connectivity index is 1.53. The van der Waals surface area contributed by atoms with E-state index >= 15 is 0 Å². The second-order valence-electron chi connectivity index (χ2n) is 6.55. The van der Waals surface area contributed by atoms with Gasteiger partial charge in [0.2, 0.25) is 0 Å². The lowest BCUT2D eigenvalue weighted by Crippen LogP contribution is -2.01. The molecular formula is C22H17N5O. The molecule has 5 aromatic rings. The first-order valence-corrected chi connectivity index (χ1v) is 8.99. The SMILES string of the molecule is COc1cnc2ccc(Cc3nnc4ccc(-c5ccccc5)nn34)cc2c1. The summed E-state index contributed by atoms with van der Waals surface area (Å²) in [6, 6.07) is 22.2. The molecule has 3 heterocycles. The number of hydrogen-bond donors (Lipinski definition) is 0. The first kappa shape index (κ1) is 16.4. The normalized spacial score (nSPS) is 11.2. The molecule has 3 aromatic heterocycles. The molecule has 0 N–H and O–H groups in total. The summed E-state index contributed by atoms with van der Waals surface area (Å²) < 4.78 is 7.10. The number of nitrogens with zero attached hydrogens (tertiary/aromatic N) is 5. The van der Waals surface area contributed by atoms with Gasteiger partial charge in [-0.25, -0.2) is 0 Å². The van der Waals surface area contributed by atoms with Gasteiger partial charge in [0.1, 0.15) is 5.75 Å². The van der Waals surface area contributed by atoms with Gasteiger partial charge in [0, 0.05) is 17.4 Å². The van der Waals surface area contributed by atoms with Crippen molar-refractivity contribution in [1.82, 2.24) is 24.8 Å². The van der Waals surface area contributed by atoms with Crippen molar-refractivity contribution in [1.29, 1.82) is 0 Å². The summed E-state index contributed by atoms with van der Waals surface area (Å²) in [6.45, 7) is 0. The van der Waals surface area contributed by atoms with E-state index in [-0.39, 0.29) is 0 Å². The lowest BCUT2D eigenvalue weighted by Gasteiger charge is -2.05. The van der Waals surface area contributed by atoms with Crippen molar-refractivity contribution < 1.29 is 4.74 Å². The minimum absolute atomic E-state index is 0.625. The Bertz CT molecular complexity index is 1280. The molecule has 0 atom stereocenters. The Morgan fingerprint density at radius 2 is 1.82 bits per heavy atom. The van der Waals surface area contributed by atoms with E-state index in [0.717, 1.165) is 44.9 Å². The van der Waals surface area contributed by atoms with E-state index in [9.17, 15) is 0 Å². The molecule has 0 spiro atoms. The van der Waals surface area contributed by atoms with Crippen LogP contribution < -0.4 is 4.74 Å². The Kier molecular flexibility index (Phi) is 3.94. The lowest BCUT2D eigenvalue weighted by atomic mass is 10.1. The van der Waals surface area contributed by atoms with E-state index < -0.39 is 0 Å². The van der Waals surface area contributed by atoms with Crippen molar-refractivity contribution in [2.45, 2.75) is 6.42 Å². The van der Waals surface area contributed by atoms with Crippen LogP contribution in [0.15, 0.2) is 72.9 Å². The van der Waals surface area contributed by atoms with Crippen LogP contribution in [0.2, 0.25) is 0 Å². The van der Waals surface area contributed by atoms with Crippen molar-refractivity contribution in [3.05, 3.63) is 84.3 Å². The highest BCUT2D eigenvalue weighted by atomic mass is 16.5. The number of rotatable bonds is 4. The molecule has 0 unspecified atom stereocenters. The molecule has 0 saturated heterocycles. The van der Waals surface area contributed by atoms with Crippen molar-refractivity contribution >= 4 is 16.6 Å². The summed E-state index contributed by atoms with van der Waals surface area (Å²) in [5, 5.41) is 14.4. The smallest absolute Gasteiger partial charge is 0.177 e. The molecule has 0 bridgehead atoms. The first-order chi connectivity index (χ1) is 13.8. The zero-order valence-corrected chi connectivity index (χ0v) is 15.3. The number of benzene rings is 2. The monoisotopic (exact) mass is 367 g/mol. The maximum atomic E-state index is 5.28. The fraction of sp³-hybridized carbons (Fsp3) is 0.0909. The average Bonchev–Trinajstić information content (AvgIpc) is 3.16. The van der Waals surface area contributed by atoms with Crippen molar-refractivity contribution in [3.8, 4) is 17.0 Å². The summed E-state index contributed by atoms with van der Waals surface area (Å²) in [4.78, 5) is 4.41. The predicted octanol–water partition coefficient (Wildman–Crippen LogP) is 3.94. The van der Waals surface area contributed by atoms with E-state index in [0.29, 0.717) is 6.42 Å². The number of methoxy groups -OCH3 is 1. The third-order valence-electron chi connectivity index (χ3n) is 4.72. The van der Waals surface area contributed by atoms with E-state index in [1.165, 1.54) is 0 Å².